The van der Waals surface area contributed by atoms with E-state index in [2.05, 4.69) is 15.2 Å². The van der Waals surface area contributed by atoms with Crippen LogP contribution in [0, 0.1) is 0 Å². The lowest BCUT2D eigenvalue weighted by Gasteiger charge is -2.25. The molecule has 0 radical (unpaired) electrons. The number of thiazole rings is 1. The Morgan fingerprint density at radius 1 is 1.56 bits per heavy atom. The van der Waals surface area contributed by atoms with E-state index in [-0.39, 0.29) is 5.91 Å². The molecule has 1 amide bonds. The number of rotatable bonds is 2. The summed E-state index contributed by atoms with van der Waals surface area (Å²) in [6, 6.07) is 0. The average Bonchev–Trinajstić information content (AvgIpc) is 3.05. The Hall–Kier alpha value is -1.69. The fourth-order valence-electron chi connectivity index (χ4n) is 2.12. The zero-order valence-corrected chi connectivity index (χ0v) is 11.0. The summed E-state index contributed by atoms with van der Waals surface area (Å²) in [6.45, 7) is 3.43. The molecule has 0 aliphatic carbocycles. The number of aryl methyl sites for hydroxylation is 1. The number of nitrogens with zero attached hydrogens (tertiary/aromatic N) is 3. The summed E-state index contributed by atoms with van der Waals surface area (Å²) in [5.74, 6) is 0.0825. The van der Waals surface area contributed by atoms with Gasteiger partial charge in [0.05, 0.1) is 17.4 Å². The molecule has 1 N–H and O–H groups in total. The van der Waals surface area contributed by atoms with Crippen molar-refractivity contribution in [2.45, 2.75) is 26.3 Å². The van der Waals surface area contributed by atoms with Gasteiger partial charge in [0.2, 0.25) is 0 Å². The molecule has 3 rings (SSSR count). The van der Waals surface area contributed by atoms with E-state index in [9.17, 15) is 4.79 Å². The van der Waals surface area contributed by atoms with Crippen LogP contribution in [0.15, 0.2) is 12.4 Å². The minimum atomic E-state index is 0.0825. The first kappa shape index (κ1) is 11.4. The minimum Gasteiger partial charge on any atom is -0.333 e. The van der Waals surface area contributed by atoms with E-state index in [0.717, 1.165) is 40.5 Å². The summed E-state index contributed by atoms with van der Waals surface area (Å²) in [6.07, 6.45) is 5.22. The third-order valence-corrected chi connectivity index (χ3v) is 4.28. The first-order chi connectivity index (χ1) is 8.78. The van der Waals surface area contributed by atoms with E-state index < -0.39 is 0 Å². The van der Waals surface area contributed by atoms with Crippen molar-refractivity contribution in [1.29, 1.82) is 0 Å². The molecule has 0 unspecified atom stereocenters. The van der Waals surface area contributed by atoms with Gasteiger partial charge in [0.15, 0.2) is 0 Å². The normalized spacial score (nSPS) is 14.6. The number of amides is 1. The zero-order valence-electron chi connectivity index (χ0n) is 10.1. The van der Waals surface area contributed by atoms with Crippen LogP contribution in [0.4, 0.5) is 0 Å². The maximum absolute atomic E-state index is 12.3. The molecule has 3 heterocycles. The fourth-order valence-corrected chi connectivity index (χ4v) is 2.95. The van der Waals surface area contributed by atoms with E-state index in [1.54, 1.807) is 12.4 Å². The first-order valence-corrected chi connectivity index (χ1v) is 6.84. The third kappa shape index (κ3) is 1.92. The maximum atomic E-state index is 12.3. The minimum absolute atomic E-state index is 0.0825. The van der Waals surface area contributed by atoms with Crippen molar-refractivity contribution >= 4 is 17.2 Å². The highest BCUT2D eigenvalue weighted by Crippen LogP contribution is 2.21. The summed E-state index contributed by atoms with van der Waals surface area (Å²) in [5, 5.41) is 8.00. The van der Waals surface area contributed by atoms with Gasteiger partial charge in [-0.25, -0.2) is 4.98 Å². The van der Waals surface area contributed by atoms with Gasteiger partial charge < -0.3 is 4.90 Å². The molecule has 94 valence electrons. The molecular weight excluding hydrogens is 248 g/mol. The van der Waals surface area contributed by atoms with Gasteiger partial charge in [-0.1, -0.05) is 6.92 Å². The van der Waals surface area contributed by atoms with Gasteiger partial charge in [-0.2, -0.15) is 5.10 Å². The molecule has 2 aromatic rings. The number of hydrogen-bond acceptors (Lipinski definition) is 4. The van der Waals surface area contributed by atoms with Crippen LogP contribution in [-0.2, 0) is 19.4 Å². The van der Waals surface area contributed by atoms with Crippen LogP contribution in [0.25, 0.3) is 0 Å². The van der Waals surface area contributed by atoms with Gasteiger partial charge in [0.25, 0.3) is 5.91 Å². The maximum Gasteiger partial charge on any atom is 0.265 e. The van der Waals surface area contributed by atoms with E-state index in [0.29, 0.717) is 6.54 Å². The Balaban J connectivity index is 1.78. The monoisotopic (exact) mass is 262 g/mol. The summed E-state index contributed by atoms with van der Waals surface area (Å²) in [7, 11) is 0. The molecule has 2 aromatic heterocycles. The molecule has 0 saturated heterocycles. The number of fused-ring (bicyclic) bond motifs is 1. The smallest absolute Gasteiger partial charge is 0.265 e. The number of hydrogen-bond donors (Lipinski definition) is 1. The van der Waals surface area contributed by atoms with E-state index in [1.807, 2.05) is 11.8 Å². The van der Waals surface area contributed by atoms with Crippen molar-refractivity contribution in [3.8, 4) is 0 Å². The topological polar surface area (TPSA) is 61.9 Å². The van der Waals surface area contributed by atoms with Crippen LogP contribution < -0.4 is 0 Å². The summed E-state index contributed by atoms with van der Waals surface area (Å²) < 4.78 is 0. The van der Waals surface area contributed by atoms with Crippen molar-refractivity contribution in [3.63, 3.8) is 0 Å². The van der Waals surface area contributed by atoms with Crippen LogP contribution in [0.2, 0.25) is 0 Å². The zero-order chi connectivity index (χ0) is 12.5. The molecule has 18 heavy (non-hydrogen) atoms. The Morgan fingerprint density at radius 3 is 3.22 bits per heavy atom. The summed E-state index contributed by atoms with van der Waals surface area (Å²) in [4.78, 5) is 19.2. The van der Waals surface area contributed by atoms with Gasteiger partial charge in [-0.15, -0.1) is 11.3 Å². The predicted molar refractivity (Wildman–Crippen MR) is 68.5 cm³/mol. The number of nitrogens with one attached hydrogen (secondary N) is 1. The number of carbonyl (C=O) groups is 1. The van der Waals surface area contributed by atoms with Crippen LogP contribution >= 0.6 is 11.3 Å². The molecule has 5 nitrogen and oxygen atoms in total. The molecule has 1 aliphatic rings. The molecule has 0 atom stereocenters. The predicted octanol–water partition coefficient (Wildman–Crippen LogP) is 1.63. The molecule has 0 bridgehead atoms. The number of carbonyl (C=O) groups excluding carboxylic acids is 1. The first-order valence-electron chi connectivity index (χ1n) is 6.03. The van der Waals surface area contributed by atoms with Crippen LogP contribution in [0.5, 0.6) is 0 Å². The lowest BCUT2D eigenvalue weighted by atomic mass is 10.1. The molecule has 1 aliphatic heterocycles. The summed E-state index contributed by atoms with van der Waals surface area (Å²) in [5.41, 5.74) is 2.27. The highest BCUT2D eigenvalue weighted by atomic mass is 32.1. The highest BCUT2D eigenvalue weighted by molar-refractivity contribution is 7.13. The molecule has 0 fully saturated rings. The largest absolute Gasteiger partial charge is 0.333 e. The Kier molecular flexibility index (Phi) is 2.87. The third-order valence-electron chi connectivity index (χ3n) is 3.15. The van der Waals surface area contributed by atoms with Gasteiger partial charge in [0, 0.05) is 30.8 Å². The fraction of sp³-hybridized carbons (Fsp3) is 0.417. The van der Waals surface area contributed by atoms with Gasteiger partial charge in [0.1, 0.15) is 4.88 Å². The van der Waals surface area contributed by atoms with Crippen LogP contribution in [0.1, 0.15) is 32.9 Å². The van der Waals surface area contributed by atoms with E-state index in [1.165, 1.54) is 11.3 Å². The Bertz CT molecular complexity index is 574. The van der Waals surface area contributed by atoms with Crippen molar-refractivity contribution in [2.24, 2.45) is 0 Å². The van der Waals surface area contributed by atoms with Gasteiger partial charge in [-0.3, -0.25) is 9.89 Å². The molecule has 0 spiro atoms. The second kappa shape index (κ2) is 4.53. The number of H-pyrrole nitrogens is 1. The van der Waals surface area contributed by atoms with E-state index in [4.69, 9.17) is 0 Å². The van der Waals surface area contributed by atoms with Gasteiger partial charge in [-0.05, 0) is 6.42 Å². The SMILES string of the molecule is CCc1ncc(C(=O)N2CCc3[nH]ncc3C2)s1. The summed E-state index contributed by atoms with van der Waals surface area (Å²) >= 11 is 1.49. The molecule has 0 saturated carbocycles. The van der Waals surface area contributed by atoms with Crippen molar-refractivity contribution in [2.75, 3.05) is 6.54 Å². The number of aromatic nitrogens is 3. The van der Waals surface area contributed by atoms with E-state index >= 15 is 0 Å². The lowest BCUT2D eigenvalue weighted by molar-refractivity contribution is 0.0739. The second-order valence-electron chi connectivity index (χ2n) is 4.32. The van der Waals surface area contributed by atoms with Crippen LogP contribution in [-0.4, -0.2) is 32.5 Å². The Labute approximate surface area is 109 Å². The highest BCUT2D eigenvalue weighted by Gasteiger charge is 2.24. The van der Waals surface area contributed by atoms with Gasteiger partial charge >= 0.3 is 0 Å². The second-order valence-corrected chi connectivity index (χ2v) is 5.44. The van der Waals surface area contributed by atoms with Crippen molar-refractivity contribution in [3.05, 3.63) is 33.5 Å². The molecular formula is C12H14N4OS. The average molecular weight is 262 g/mol. The van der Waals surface area contributed by atoms with Crippen molar-refractivity contribution in [1.82, 2.24) is 20.1 Å². The molecule has 0 aromatic carbocycles. The Morgan fingerprint density at radius 2 is 2.44 bits per heavy atom. The number of aromatic amines is 1. The van der Waals surface area contributed by atoms with Crippen molar-refractivity contribution < 1.29 is 4.79 Å². The molecule has 6 heteroatoms. The quantitative estimate of drug-likeness (QED) is 0.894. The van der Waals surface area contributed by atoms with Crippen LogP contribution in [0.3, 0.4) is 0 Å². The standard InChI is InChI=1S/C12H14N4OS/c1-2-11-13-6-10(18-11)12(17)16-4-3-9-8(7-16)5-14-15-9/h5-6H,2-4,7H2,1H3,(H,14,15). The lowest BCUT2D eigenvalue weighted by Crippen LogP contribution is -2.35.